The average molecular weight is 217 g/mol. The van der Waals surface area contributed by atoms with E-state index in [1.807, 2.05) is 0 Å². The number of carbonyl (C=O) groups is 1. The molecule has 0 saturated carbocycles. The summed E-state index contributed by atoms with van der Waals surface area (Å²) < 4.78 is 13.0. The Labute approximate surface area is 90.6 Å². The van der Waals surface area contributed by atoms with Crippen LogP contribution >= 0.6 is 0 Å². The van der Waals surface area contributed by atoms with E-state index < -0.39 is 0 Å². The number of aromatic nitrogens is 1. The van der Waals surface area contributed by atoms with Crippen molar-refractivity contribution in [1.82, 2.24) is 4.98 Å². The molecular formula is C12H8FNO2. The van der Waals surface area contributed by atoms with Gasteiger partial charge in [-0.15, -0.1) is 0 Å². The Morgan fingerprint density at radius 2 is 2.00 bits per heavy atom. The van der Waals surface area contributed by atoms with Crippen LogP contribution in [0.2, 0.25) is 0 Å². The molecule has 3 nitrogen and oxygen atoms in total. The van der Waals surface area contributed by atoms with E-state index in [-0.39, 0.29) is 17.1 Å². The molecular weight excluding hydrogens is 209 g/mol. The second kappa shape index (κ2) is 4.10. The maximum Gasteiger partial charge on any atom is 0.248 e. The molecule has 1 heterocycles. The minimum atomic E-state index is -0.388. The molecule has 0 fully saturated rings. The Bertz CT molecular complexity index is 590. The standard InChI is InChI=1S/C12H8FNO2/c13-9-3-1-2-8(6-9)10-4-5-12(16)14-11(10)7-15/h1-7H,(H,14,16). The monoisotopic (exact) mass is 217 g/mol. The maximum absolute atomic E-state index is 13.0. The minimum Gasteiger partial charge on any atom is -0.319 e. The van der Waals surface area contributed by atoms with Gasteiger partial charge in [0, 0.05) is 11.6 Å². The highest BCUT2D eigenvalue weighted by molar-refractivity contribution is 5.84. The first-order chi connectivity index (χ1) is 7.70. The molecule has 80 valence electrons. The van der Waals surface area contributed by atoms with E-state index in [0.717, 1.165) is 0 Å². The van der Waals surface area contributed by atoms with Crippen LogP contribution in [0.4, 0.5) is 4.39 Å². The number of halogens is 1. The van der Waals surface area contributed by atoms with Gasteiger partial charge in [0.15, 0.2) is 6.29 Å². The van der Waals surface area contributed by atoms with E-state index in [4.69, 9.17) is 0 Å². The number of H-pyrrole nitrogens is 1. The SMILES string of the molecule is O=Cc1[nH]c(=O)ccc1-c1cccc(F)c1. The Kier molecular flexibility index (Phi) is 2.64. The maximum atomic E-state index is 13.0. The van der Waals surface area contributed by atoms with Gasteiger partial charge in [-0.3, -0.25) is 9.59 Å². The largest absolute Gasteiger partial charge is 0.319 e. The molecule has 0 aliphatic carbocycles. The van der Waals surface area contributed by atoms with E-state index in [1.54, 1.807) is 12.1 Å². The zero-order valence-corrected chi connectivity index (χ0v) is 8.24. The zero-order chi connectivity index (χ0) is 11.5. The highest BCUT2D eigenvalue weighted by atomic mass is 19.1. The number of aromatic amines is 1. The molecule has 0 spiro atoms. The number of hydrogen-bond donors (Lipinski definition) is 1. The number of rotatable bonds is 2. The molecule has 1 N–H and O–H groups in total. The molecule has 0 saturated heterocycles. The van der Waals surface area contributed by atoms with Crippen LogP contribution in [-0.2, 0) is 0 Å². The van der Waals surface area contributed by atoms with Crippen molar-refractivity contribution in [2.45, 2.75) is 0 Å². The highest BCUT2D eigenvalue weighted by Crippen LogP contribution is 2.20. The summed E-state index contributed by atoms with van der Waals surface area (Å²) in [4.78, 5) is 24.2. The van der Waals surface area contributed by atoms with Crippen molar-refractivity contribution < 1.29 is 9.18 Å². The lowest BCUT2D eigenvalue weighted by atomic mass is 10.0. The molecule has 0 aliphatic rings. The van der Waals surface area contributed by atoms with Gasteiger partial charge in [-0.2, -0.15) is 0 Å². The van der Waals surface area contributed by atoms with E-state index in [9.17, 15) is 14.0 Å². The Hall–Kier alpha value is -2.23. The van der Waals surface area contributed by atoms with Gasteiger partial charge in [-0.25, -0.2) is 4.39 Å². The van der Waals surface area contributed by atoms with Crippen molar-refractivity contribution >= 4 is 6.29 Å². The first kappa shape index (κ1) is 10.3. The van der Waals surface area contributed by atoms with Crippen molar-refractivity contribution in [3.63, 3.8) is 0 Å². The molecule has 0 bridgehead atoms. The third-order valence-electron chi connectivity index (χ3n) is 2.20. The van der Waals surface area contributed by atoms with E-state index in [2.05, 4.69) is 4.98 Å². The molecule has 0 amide bonds. The Balaban J connectivity index is 2.64. The topological polar surface area (TPSA) is 49.9 Å². The summed E-state index contributed by atoms with van der Waals surface area (Å²) in [7, 11) is 0. The second-order valence-corrected chi connectivity index (χ2v) is 3.28. The fourth-order valence-electron chi connectivity index (χ4n) is 1.49. The summed E-state index contributed by atoms with van der Waals surface area (Å²) in [5.74, 6) is -0.388. The van der Waals surface area contributed by atoms with Crippen LogP contribution in [0.25, 0.3) is 11.1 Å². The van der Waals surface area contributed by atoms with Crippen molar-refractivity contribution in [3.05, 3.63) is 58.3 Å². The van der Waals surface area contributed by atoms with Gasteiger partial charge in [0.1, 0.15) is 5.82 Å². The highest BCUT2D eigenvalue weighted by Gasteiger charge is 2.05. The van der Waals surface area contributed by atoms with Crippen molar-refractivity contribution in [2.75, 3.05) is 0 Å². The van der Waals surface area contributed by atoms with Gasteiger partial charge < -0.3 is 4.98 Å². The third kappa shape index (κ3) is 1.91. The quantitative estimate of drug-likeness (QED) is 0.782. The van der Waals surface area contributed by atoms with Gasteiger partial charge in [0.25, 0.3) is 0 Å². The van der Waals surface area contributed by atoms with Gasteiger partial charge in [0.2, 0.25) is 5.56 Å². The van der Waals surface area contributed by atoms with Crippen LogP contribution in [0.5, 0.6) is 0 Å². The summed E-state index contributed by atoms with van der Waals surface area (Å²) in [5, 5.41) is 0. The zero-order valence-electron chi connectivity index (χ0n) is 8.24. The summed E-state index contributed by atoms with van der Waals surface area (Å²) in [6.45, 7) is 0. The third-order valence-corrected chi connectivity index (χ3v) is 2.20. The van der Waals surface area contributed by atoms with E-state index in [1.165, 1.54) is 24.3 Å². The predicted octanol–water partition coefficient (Wildman–Crippen LogP) is 1.99. The van der Waals surface area contributed by atoms with Gasteiger partial charge in [-0.1, -0.05) is 12.1 Å². The molecule has 0 atom stereocenters. The molecule has 2 rings (SSSR count). The van der Waals surface area contributed by atoms with Gasteiger partial charge in [-0.05, 0) is 23.8 Å². The van der Waals surface area contributed by atoms with Gasteiger partial charge >= 0.3 is 0 Å². The molecule has 1 aromatic carbocycles. The summed E-state index contributed by atoms with van der Waals surface area (Å²) in [5.41, 5.74) is 0.854. The lowest BCUT2D eigenvalue weighted by molar-refractivity contribution is 0.111. The predicted molar refractivity (Wildman–Crippen MR) is 57.8 cm³/mol. The molecule has 0 aliphatic heterocycles. The summed E-state index contributed by atoms with van der Waals surface area (Å²) in [6.07, 6.45) is 0.543. The first-order valence-electron chi connectivity index (χ1n) is 4.65. The summed E-state index contributed by atoms with van der Waals surface area (Å²) in [6, 6.07) is 8.63. The van der Waals surface area contributed by atoms with Crippen LogP contribution in [0, 0.1) is 5.82 Å². The number of hydrogen-bond acceptors (Lipinski definition) is 2. The smallest absolute Gasteiger partial charge is 0.248 e. The van der Waals surface area contributed by atoms with Crippen LogP contribution in [0.15, 0.2) is 41.2 Å². The number of pyridine rings is 1. The molecule has 16 heavy (non-hydrogen) atoms. The number of benzene rings is 1. The van der Waals surface area contributed by atoms with Crippen molar-refractivity contribution in [3.8, 4) is 11.1 Å². The molecule has 2 aromatic rings. The molecule has 4 heteroatoms. The number of carbonyl (C=O) groups excluding carboxylic acids is 1. The van der Waals surface area contributed by atoms with E-state index >= 15 is 0 Å². The van der Waals surface area contributed by atoms with E-state index in [0.29, 0.717) is 17.4 Å². The molecule has 0 radical (unpaired) electrons. The Morgan fingerprint density at radius 1 is 1.19 bits per heavy atom. The van der Waals surface area contributed by atoms with Crippen LogP contribution in [-0.4, -0.2) is 11.3 Å². The van der Waals surface area contributed by atoms with Crippen LogP contribution in [0.1, 0.15) is 10.5 Å². The van der Waals surface area contributed by atoms with Crippen LogP contribution < -0.4 is 5.56 Å². The average Bonchev–Trinajstić information content (AvgIpc) is 2.28. The van der Waals surface area contributed by atoms with Crippen LogP contribution in [0.3, 0.4) is 0 Å². The first-order valence-corrected chi connectivity index (χ1v) is 4.65. The molecule has 1 aromatic heterocycles. The second-order valence-electron chi connectivity index (χ2n) is 3.28. The molecule has 0 unspecified atom stereocenters. The normalized spacial score (nSPS) is 10.1. The van der Waals surface area contributed by atoms with Crippen molar-refractivity contribution in [1.29, 1.82) is 0 Å². The number of nitrogens with one attached hydrogen (secondary N) is 1. The van der Waals surface area contributed by atoms with Gasteiger partial charge in [0.05, 0.1) is 5.69 Å². The summed E-state index contributed by atoms with van der Waals surface area (Å²) >= 11 is 0. The fraction of sp³-hybridized carbons (Fsp3) is 0. The fourth-order valence-corrected chi connectivity index (χ4v) is 1.49. The lowest BCUT2D eigenvalue weighted by Crippen LogP contribution is -2.07. The Morgan fingerprint density at radius 3 is 2.69 bits per heavy atom. The van der Waals surface area contributed by atoms with Crippen molar-refractivity contribution in [2.24, 2.45) is 0 Å². The number of aldehydes is 1. The lowest BCUT2D eigenvalue weighted by Gasteiger charge is -2.03. The minimum absolute atomic E-state index is 0.151.